The summed E-state index contributed by atoms with van der Waals surface area (Å²) in [7, 11) is 0. The quantitative estimate of drug-likeness (QED) is 0.442. The maximum Gasteiger partial charge on any atom is 0.242 e. The molecule has 0 heterocycles. The number of nitrogens with one attached hydrogen (secondary N) is 3. The number of aromatic hydroxyl groups is 1. The summed E-state index contributed by atoms with van der Waals surface area (Å²) in [5.74, 6) is -0.405. The van der Waals surface area contributed by atoms with Gasteiger partial charge in [-0.2, -0.15) is 0 Å². The Morgan fingerprint density at radius 3 is 2.20 bits per heavy atom. The number of carbonyl (C=O) groups excluding carboxylic acids is 3. The number of hydrogen-bond acceptors (Lipinski definition) is 4. The van der Waals surface area contributed by atoms with Gasteiger partial charge in [-0.1, -0.05) is 39.8 Å². The number of phenolic OH excluding ortho intramolecular Hbond substituents is 1. The average Bonchev–Trinajstić information content (AvgIpc) is 3.47. The van der Waals surface area contributed by atoms with Gasteiger partial charge in [0.2, 0.25) is 17.7 Å². The van der Waals surface area contributed by atoms with E-state index in [1.165, 1.54) is 0 Å². The molecule has 7 nitrogen and oxygen atoms in total. The van der Waals surface area contributed by atoms with E-state index >= 15 is 0 Å². The monoisotopic (exact) mass is 417 g/mol. The van der Waals surface area contributed by atoms with Crippen molar-refractivity contribution in [2.45, 2.75) is 53.0 Å². The van der Waals surface area contributed by atoms with Crippen LogP contribution in [0.1, 0.15) is 46.1 Å². The summed E-state index contributed by atoms with van der Waals surface area (Å²) >= 11 is 0. The maximum atomic E-state index is 12.6. The van der Waals surface area contributed by atoms with Gasteiger partial charge in [0.25, 0.3) is 0 Å². The highest BCUT2D eigenvalue weighted by Gasteiger charge is 2.48. The van der Waals surface area contributed by atoms with Crippen molar-refractivity contribution in [1.82, 2.24) is 16.0 Å². The predicted molar refractivity (Wildman–Crippen MR) is 116 cm³/mol. The van der Waals surface area contributed by atoms with Gasteiger partial charge in [0.05, 0.1) is 11.8 Å². The first-order valence-corrected chi connectivity index (χ1v) is 10.8. The smallest absolute Gasteiger partial charge is 0.242 e. The van der Waals surface area contributed by atoms with Gasteiger partial charge in [0, 0.05) is 13.1 Å². The molecule has 3 atom stereocenters. The SMILES string of the molecule is CC(C)CNC(=O)[C@H](CC(C)C)NC(=O)C1C[C@@H]1C(=O)NCCc1ccc(O)cc1. The van der Waals surface area contributed by atoms with Crippen LogP contribution in [0.2, 0.25) is 0 Å². The maximum absolute atomic E-state index is 12.6. The Labute approximate surface area is 179 Å². The molecule has 7 heteroatoms. The second kappa shape index (κ2) is 11.0. The van der Waals surface area contributed by atoms with Crippen molar-refractivity contribution in [3.8, 4) is 5.75 Å². The fourth-order valence-corrected chi connectivity index (χ4v) is 3.31. The molecule has 30 heavy (non-hydrogen) atoms. The number of carbonyl (C=O) groups is 3. The fourth-order valence-electron chi connectivity index (χ4n) is 3.31. The van der Waals surface area contributed by atoms with Crippen LogP contribution in [-0.4, -0.2) is 42.0 Å². The predicted octanol–water partition coefficient (Wildman–Crippen LogP) is 1.99. The summed E-state index contributed by atoms with van der Waals surface area (Å²) in [5, 5.41) is 17.9. The van der Waals surface area contributed by atoms with Crippen LogP contribution in [0.5, 0.6) is 5.75 Å². The van der Waals surface area contributed by atoms with Crippen molar-refractivity contribution in [2.24, 2.45) is 23.7 Å². The second-order valence-electron chi connectivity index (χ2n) is 8.99. The van der Waals surface area contributed by atoms with Crippen molar-refractivity contribution in [1.29, 1.82) is 0 Å². The Kier molecular flexibility index (Phi) is 8.69. The first-order valence-electron chi connectivity index (χ1n) is 10.8. The molecule has 3 amide bonds. The van der Waals surface area contributed by atoms with Gasteiger partial charge >= 0.3 is 0 Å². The third-order valence-electron chi connectivity index (χ3n) is 5.14. The largest absolute Gasteiger partial charge is 0.508 e. The molecule has 0 aromatic heterocycles. The second-order valence-corrected chi connectivity index (χ2v) is 8.99. The highest BCUT2D eigenvalue weighted by molar-refractivity contribution is 5.94. The molecule has 166 valence electrons. The minimum atomic E-state index is -0.574. The summed E-state index contributed by atoms with van der Waals surface area (Å²) in [5.41, 5.74) is 1.02. The van der Waals surface area contributed by atoms with Crippen LogP contribution in [0.25, 0.3) is 0 Å². The van der Waals surface area contributed by atoms with Gasteiger partial charge in [-0.05, 0) is 48.8 Å². The Bertz CT molecular complexity index is 730. The molecule has 0 bridgehead atoms. The molecule has 1 aromatic carbocycles. The minimum Gasteiger partial charge on any atom is -0.508 e. The first-order chi connectivity index (χ1) is 14.2. The van der Waals surface area contributed by atoms with E-state index in [1.54, 1.807) is 12.1 Å². The lowest BCUT2D eigenvalue weighted by Gasteiger charge is -2.21. The molecule has 1 aromatic rings. The van der Waals surface area contributed by atoms with Crippen LogP contribution in [0.4, 0.5) is 0 Å². The third kappa shape index (κ3) is 7.69. The zero-order valence-electron chi connectivity index (χ0n) is 18.4. The van der Waals surface area contributed by atoms with Crippen LogP contribution < -0.4 is 16.0 Å². The number of amides is 3. The van der Waals surface area contributed by atoms with Gasteiger partial charge in [-0.25, -0.2) is 0 Å². The van der Waals surface area contributed by atoms with Crippen molar-refractivity contribution in [2.75, 3.05) is 13.1 Å². The summed E-state index contributed by atoms with van der Waals surface area (Å²) in [6.45, 7) is 9.10. The highest BCUT2D eigenvalue weighted by Crippen LogP contribution is 2.39. The average molecular weight is 418 g/mol. The molecule has 1 aliphatic carbocycles. The van der Waals surface area contributed by atoms with E-state index in [9.17, 15) is 19.5 Å². The molecule has 0 radical (unpaired) electrons. The van der Waals surface area contributed by atoms with Crippen LogP contribution in [0.15, 0.2) is 24.3 Å². The van der Waals surface area contributed by atoms with E-state index < -0.39 is 6.04 Å². The molecule has 2 rings (SSSR count). The molecular weight excluding hydrogens is 382 g/mol. The van der Waals surface area contributed by atoms with Crippen molar-refractivity contribution < 1.29 is 19.5 Å². The normalized spacial score (nSPS) is 18.7. The molecule has 4 N–H and O–H groups in total. The molecule has 0 spiro atoms. The van der Waals surface area contributed by atoms with Crippen LogP contribution in [0, 0.1) is 23.7 Å². The molecule has 1 saturated carbocycles. The Morgan fingerprint density at radius 2 is 1.60 bits per heavy atom. The minimum absolute atomic E-state index is 0.126. The van der Waals surface area contributed by atoms with Gasteiger partial charge < -0.3 is 21.1 Å². The van der Waals surface area contributed by atoms with E-state index in [1.807, 2.05) is 39.8 Å². The van der Waals surface area contributed by atoms with Crippen LogP contribution >= 0.6 is 0 Å². The first kappa shape index (κ1) is 23.7. The zero-order valence-corrected chi connectivity index (χ0v) is 18.4. The van der Waals surface area contributed by atoms with Crippen LogP contribution in [0.3, 0.4) is 0 Å². The van der Waals surface area contributed by atoms with Gasteiger partial charge in [0.1, 0.15) is 11.8 Å². The van der Waals surface area contributed by atoms with Crippen molar-refractivity contribution >= 4 is 17.7 Å². The lowest BCUT2D eigenvalue weighted by Crippen LogP contribution is -2.48. The number of hydrogen-bond donors (Lipinski definition) is 4. The Hall–Kier alpha value is -2.57. The van der Waals surface area contributed by atoms with E-state index in [0.29, 0.717) is 38.3 Å². The highest BCUT2D eigenvalue weighted by atomic mass is 16.3. The third-order valence-corrected chi connectivity index (χ3v) is 5.14. The molecular formula is C23H35N3O4. The molecule has 0 aliphatic heterocycles. The van der Waals surface area contributed by atoms with E-state index in [-0.39, 0.29) is 41.2 Å². The van der Waals surface area contributed by atoms with Gasteiger partial charge in [0.15, 0.2) is 0 Å². The lowest BCUT2D eigenvalue weighted by atomic mass is 10.0. The van der Waals surface area contributed by atoms with Crippen molar-refractivity contribution in [3.05, 3.63) is 29.8 Å². The molecule has 1 aliphatic rings. The zero-order chi connectivity index (χ0) is 22.3. The summed E-state index contributed by atoms with van der Waals surface area (Å²) in [6.07, 6.45) is 1.73. The van der Waals surface area contributed by atoms with Gasteiger partial charge in [-0.3, -0.25) is 14.4 Å². The Morgan fingerprint density at radius 1 is 0.967 bits per heavy atom. The topological polar surface area (TPSA) is 108 Å². The summed E-state index contributed by atoms with van der Waals surface area (Å²) in [4.78, 5) is 37.4. The van der Waals surface area contributed by atoms with E-state index in [4.69, 9.17) is 0 Å². The molecule has 1 unspecified atom stereocenters. The van der Waals surface area contributed by atoms with Gasteiger partial charge in [-0.15, -0.1) is 0 Å². The standard InChI is InChI=1S/C23H35N3O4/c1-14(2)11-20(23(30)25-13-15(3)4)26-22(29)19-12-18(19)21(28)24-10-9-16-5-7-17(27)8-6-16/h5-8,14-15,18-20,27H,9-13H2,1-4H3,(H,24,28)(H,25,30)(H,26,29)/t18-,19?,20-/m0/s1. The summed E-state index contributed by atoms with van der Waals surface area (Å²) < 4.78 is 0. The number of rotatable bonds is 11. The number of benzene rings is 1. The van der Waals surface area contributed by atoms with Crippen LogP contribution in [-0.2, 0) is 20.8 Å². The lowest BCUT2D eigenvalue weighted by molar-refractivity contribution is -0.131. The number of phenols is 1. The Balaban J connectivity index is 1.78. The fraction of sp³-hybridized carbons (Fsp3) is 0.609. The molecule has 1 fully saturated rings. The van der Waals surface area contributed by atoms with Crippen molar-refractivity contribution in [3.63, 3.8) is 0 Å². The summed E-state index contributed by atoms with van der Waals surface area (Å²) in [6, 6.07) is 6.28. The molecule has 0 saturated heterocycles. The van der Waals surface area contributed by atoms with E-state index in [0.717, 1.165) is 5.56 Å². The van der Waals surface area contributed by atoms with E-state index in [2.05, 4.69) is 16.0 Å².